The van der Waals surface area contributed by atoms with Gasteiger partial charge in [0, 0.05) is 37.8 Å². The zero-order chi connectivity index (χ0) is 16.9. The third-order valence-corrected chi connectivity index (χ3v) is 4.73. The highest BCUT2D eigenvalue weighted by Crippen LogP contribution is 2.27. The van der Waals surface area contributed by atoms with Crippen LogP contribution in [0.15, 0.2) is 12.3 Å². The average Bonchev–Trinajstić information content (AvgIpc) is 3.18. The van der Waals surface area contributed by atoms with Crippen LogP contribution in [0.5, 0.6) is 0 Å². The summed E-state index contributed by atoms with van der Waals surface area (Å²) in [5, 5.41) is 7.04. The number of rotatable bonds is 5. The van der Waals surface area contributed by atoms with Crippen LogP contribution in [0.2, 0.25) is 0 Å². The van der Waals surface area contributed by atoms with Crippen LogP contribution in [0.4, 0.5) is 5.82 Å². The number of carbonyl (C=O) groups is 2. The molecule has 8 heteroatoms. The first-order valence-corrected chi connectivity index (χ1v) is 8.56. The molecule has 0 bridgehead atoms. The van der Waals surface area contributed by atoms with E-state index in [0.29, 0.717) is 38.5 Å². The van der Waals surface area contributed by atoms with Crippen molar-refractivity contribution in [3.63, 3.8) is 0 Å². The zero-order valence-electron chi connectivity index (χ0n) is 13.8. The van der Waals surface area contributed by atoms with Crippen molar-refractivity contribution in [2.24, 2.45) is 11.7 Å². The van der Waals surface area contributed by atoms with Crippen LogP contribution < -0.4 is 11.1 Å². The molecular formula is C16H25N5O3. The molecule has 0 aromatic carbocycles. The van der Waals surface area contributed by atoms with Gasteiger partial charge in [0.25, 0.3) is 0 Å². The molecule has 2 fully saturated rings. The third-order valence-electron chi connectivity index (χ3n) is 4.73. The SMILES string of the molecule is N[C@@H]1CCC[C@H]1CC(=O)Nc1ccn(CC(=O)N2CCOCC2)n1. The molecule has 2 amide bonds. The summed E-state index contributed by atoms with van der Waals surface area (Å²) in [4.78, 5) is 26.0. The van der Waals surface area contributed by atoms with Crippen LogP contribution in [0, 0.1) is 5.92 Å². The number of aromatic nitrogens is 2. The van der Waals surface area contributed by atoms with Gasteiger partial charge in [-0.1, -0.05) is 6.42 Å². The fourth-order valence-corrected chi connectivity index (χ4v) is 3.32. The zero-order valence-corrected chi connectivity index (χ0v) is 13.8. The lowest BCUT2D eigenvalue weighted by molar-refractivity contribution is -0.136. The van der Waals surface area contributed by atoms with E-state index in [1.165, 1.54) is 0 Å². The monoisotopic (exact) mass is 335 g/mol. The quantitative estimate of drug-likeness (QED) is 0.800. The number of amides is 2. The van der Waals surface area contributed by atoms with E-state index in [9.17, 15) is 9.59 Å². The summed E-state index contributed by atoms with van der Waals surface area (Å²) in [5.74, 6) is 0.676. The van der Waals surface area contributed by atoms with E-state index in [2.05, 4.69) is 10.4 Å². The predicted octanol–water partition coefficient (Wildman–Crippen LogP) is 0.198. The molecule has 8 nitrogen and oxygen atoms in total. The molecule has 2 heterocycles. The van der Waals surface area contributed by atoms with Crippen molar-refractivity contribution in [1.82, 2.24) is 14.7 Å². The molecule has 0 unspecified atom stereocenters. The van der Waals surface area contributed by atoms with Gasteiger partial charge in [-0.3, -0.25) is 14.3 Å². The largest absolute Gasteiger partial charge is 0.378 e. The van der Waals surface area contributed by atoms with Crippen molar-refractivity contribution in [2.75, 3.05) is 31.6 Å². The second-order valence-corrected chi connectivity index (χ2v) is 6.50. The lowest BCUT2D eigenvalue weighted by Gasteiger charge is -2.26. The first-order chi connectivity index (χ1) is 11.6. The third kappa shape index (κ3) is 4.33. The van der Waals surface area contributed by atoms with E-state index in [-0.39, 0.29) is 30.3 Å². The number of nitrogens with two attached hydrogens (primary N) is 1. The highest BCUT2D eigenvalue weighted by molar-refractivity contribution is 5.89. The predicted molar refractivity (Wildman–Crippen MR) is 88.2 cm³/mol. The number of anilines is 1. The molecule has 0 spiro atoms. The molecule has 2 aliphatic rings. The fraction of sp³-hybridized carbons (Fsp3) is 0.688. The van der Waals surface area contributed by atoms with Gasteiger partial charge in [0.05, 0.1) is 13.2 Å². The maximum Gasteiger partial charge on any atom is 0.244 e. The summed E-state index contributed by atoms with van der Waals surface area (Å²) in [6.45, 7) is 2.56. The average molecular weight is 335 g/mol. The van der Waals surface area contributed by atoms with Crippen molar-refractivity contribution in [3.05, 3.63) is 12.3 Å². The first kappa shape index (κ1) is 16.9. The van der Waals surface area contributed by atoms with E-state index in [0.717, 1.165) is 19.3 Å². The van der Waals surface area contributed by atoms with Gasteiger partial charge in [0.1, 0.15) is 6.54 Å². The summed E-state index contributed by atoms with van der Waals surface area (Å²) in [6.07, 6.45) is 5.24. The molecule has 24 heavy (non-hydrogen) atoms. The molecule has 1 aliphatic carbocycles. The highest BCUT2D eigenvalue weighted by Gasteiger charge is 2.26. The highest BCUT2D eigenvalue weighted by atomic mass is 16.5. The summed E-state index contributed by atoms with van der Waals surface area (Å²) < 4.78 is 6.79. The summed E-state index contributed by atoms with van der Waals surface area (Å²) in [7, 11) is 0. The minimum Gasteiger partial charge on any atom is -0.378 e. The Kier molecular flexibility index (Phi) is 5.47. The van der Waals surface area contributed by atoms with Crippen LogP contribution in [-0.2, 0) is 20.9 Å². The van der Waals surface area contributed by atoms with E-state index < -0.39 is 0 Å². The number of nitrogens with zero attached hydrogens (tertiary/aromatic N) is 3. The molecule has 3 N–H and O–H groups in total. The van der Waals surface area contributed by atoms with Gasteiger partial charge in [-0.25, -0.2) is 0 Å². The Morgan fingerprint density at radius 2 is 2.12 bits per heavy atom. The topological polar surface area (TPSA) is 102 Å². The number of morpholine rings is 1. The molecule has 3 rings (SSSR count). The van der Waals surface area contributed by atoms with E-state index >= 15 is 0 Å². The Balaban J connectivity index is 1.47. The lowest BCUT2D eigenvalue weighted by Crippen LogP contribution is -2.42. The van der Waals surface area contributed by atoms with Crippen molar-refractivity contribution in [2.45, 2.75) is 38.3 Å². The maximum atomic E-state index is 12.2. The Labute approximate surface area is 141 Å². The number of hydrogen-bond acceptors (Lipinski definition) is 5. The van der Waals surface area contributed by atoms with Gasteiger partial charge in [-0.15, -0.1) is 0 Å². The molecule has 1 aliphatic heterocycles. The number of ether oxygens (including phenoxy) is 1. The number of nitrogens with one attached hydrogen (secondary N) is 1. The minimum atomic E-state index is -0.0675. The van der Waals surface area contributed by atoms with Crippen molar-refractivity contribution in [1.29, 1.82) is 0 Å². The lowest BCUT2D eigenvalue weighted by atomic mass is 10.00. The van der Waals surface area contributed by atoms with Crippen LogP contribution in [0.1, 0.15) is 25.7 Å². The Bertz CT molecular complexity index is 582. The van der Waals surface area contributed by atoms with E-state index in [1.807, 2.05) is 0 Å². The van der Waals surface area contributed by atoms with Crippen molar-refractivity contribution in [3.8, 4) is 0 Å². The Hall–Kier alpha value is -1.93. The van der Waals surface area contributed by atoms with Gasteiger partial charge in [0.2, 0.25) is 11.8 Å². The van der Waals surface area contributed by atoms with Crippen LogP contribution in [0.25, 0.3) is 0 Å². The van der Waals surface area contributed by atoms with Gasteiger partial charge in [0.15, 0.2) is 5.82 Å². The van der Waals surface area contributed by atoms with Crippen molar-refractivity contribution >= 4 is 17.6 Å². The molecular weight excluding hydrogens is 310 g/mol. The van der Waals surface area contributed by atoms with Gasteiger partial charge in [-0.2, -0.15) is 5.10 Å². The number of carbonyl (C=O) groups excluding carboxylic acids is 2. The molecule has 1 aromatic rings. The van der Waals surface area contributed by atoms with Gasteiger partial charge >= 0.3 is 0 Å². The maximum absolute atomic E-state index is 12.2. The molecule has 1 saturated heterocycles. The summed E-state index contributed by atoms with van der Waals surface area (Å²) in [6, 6.07) is 1.83. The van der Waals surface area contributed by atoms with E-state index in [1.54, 1.807) is 21.8 Å². The second-order valence-electron chi connectivity index (χ2n) is 6.50. The van der Waals surface area contributed by atoms with Gasteiger partial charge in [-0.05, 0) is 18.8 Å². The van der Waals surface area contributed by atoms with Crippen LogP contribution in [0.3, 0.4) is 0 Å². The smallest absolute Gasteiger partial charge is 0.244 e. The van der Waals surface area contributed by atoms with Crippen LogP contribution >= 0.6 is 0 Å². The van der Waals surface area contributed by atoms with E-state index in [4.69, 9.17) is 10.5 Å². The molecule has 132 valence electrons. The molecule has 1 saturated carbocycles. The first-order valence-electron chi connectivity index (χ1n) is 8.56. The minimum absolute atomic E-state index is 0.0104. The second kappa shape index (κ2) is 7.76. The Morgan fingerprint density at radius 3 is 2.83 bits per heavy atom. The fourth-order valence-electron chi connectivity index (χ4n) is 3.32. The summed E-state index contributed by atoms with van der Waals surface area (Å²) >= 11 is 0. The normalized spacial score (nSPS) is 24.1. The number of hydrogen-bond donors (Lipinski definition) is 2. The van der Waals surface area contributed by atoms with Gasteiger partial charge < -0.3 is 20.7 Å². The van der Waals surface area contributed by atoms with Crippen molar-refractivity contribution < 1.29 is 14.3 Å². The molecule has 2 atom stereocenters. The molecule has 1 aromatic heterocycles. The summed E-state index contributed by atoms with van der Waals surface area (Å²) in [5.41, 5.74) is 6.00. The van der Waals surface area contributed by atoms with Crippen LogP contribution in [-0.4, -0.2) is 58.8 Å². The standard InChI is InChI=1S/C16H25N5O3/c17-13-3-1-2-12(13)10-15(22)18-14-4-5-21(19-14)11-16(23)20-6-8-24-9-7-20/h4-5,12-13H,1-3,6-11,17H2,(H,18,19,22)/t12-,13+/m0/s1. The Morgan fingerprint density at radius 1 is 1.33 bits per heavy atom. The molecule has 0 radical (unpaired) electrons.